The third-order valence-electron chi connectivity index (χ3n) is 3.05. The molecule has 0 heterocycles. The summed E-state index contributed by atoms with van der Waals surface area (Å²) in [4.78, 5) is 0. The van der Waals surface area contributed by atoms with Gasteiger partial charge in [-0.25, -0.2) is 0 Å². The number of aliphatic hydroxyl groups excluding tert-OH is 2. The van der Waals surface area contributed by atoms with Crippen LogP contribution in [0.1, 0.15) is 18.4 Å². The average Bonchev–Trinajstić information content (AvgIpc) is 2.36. The molecule has 0 aromatic heterocycles. The van der Waals surface area contributed by atoms with Gasteiger partial charge < -0.3 is 14.9 Å². The standard InChI is InChI=1S/C13H19ClO3/c1-17-8-4-7-13(9-15,10-16)11-5-2-3-6-12(11)14/h2-3,5-6,15-16H,4,7-10H2,1H3. The molecular weight excluding hydrogens is 240 g/mol. The van der Waals surface area contributed by atoms with E-state index < -0.39 is 5.41 Å². The molecule has 0 aliphatic carbocycles. The molecular formula is C13H19ClO3. The van der Waals surface area contributed by atoms with Crippen LogP contribution in [0, 0.1) is 0 Å². The Balaban J connectivity index is 2.94. The zero-order valence-corrected chi connectivity index (χ0v) is 10.8. The predicted molar refractivity (Wildman–Crippen MR) is 68.4 cm³/mol. The van der Waals surface area contributed by atoms with Gasteiger partial charge in [0.25, 0.3) is 0 Å². The van der Waals surface area contributed by atoms with Crippen molar-refractivity contribution in [3.63, 3.8) is 0 Å². The summed E-state index contributed by atoms with van der Waals surface area (Å²) in [5.41, 5.74) is 0.111. The molecule has 1 aromatic rings. The Hall–Kier alpha value is -0.610. The number of methoxy groups -OCH3 is 1. The lowest BCUT2D eigenvalue weighted by atomic mass is 9.78. The number of rotatable bonds is 7. The van der Waals surface area contributed by atoms with Gasteiger partial charge in [0.05, 0.1) is 13.2 Å². The smallest absolute Gasteiger partial charge is 0.0550 e. The molecule has 0 bridgehead atoms. The second-order valence-electron chi connectivity index (χ2n) is 4.17. The summed E-state index contributed by atoms with van der Waals surface area (Å²) >= 11 is 6.13. The Morgan fingerprint density at radius 2 is 1.88 bits per heavy atom. The van der Waals surface area contributed by atoms with Gasteiger partial charge in [-0.1, -0.05) is 29.8 Å². The van der Waals surface area contributed by atoms with Crippen molar-refractivity contribution in [1.82, 2.24) is 0 Å². The molecule has 0 saturated carbocycles. The van der Waals surface area contributed by atoms with E-state index in [1.807, 2.05) is 18.2 Å². The van der Waals surface area contributed by atoms with Crippen molar-refractivity contribution in [1.29, 1.82) is 0 Å². The molecule has 1 aromatic carbocycles. The molecule has 0 spiro atoms. The van der Waals surface area contributed by atoms with Gasteiger partial charge in [0.15, 0.2) is 0 Å². The molecule has 0 aliphatic heterocycles. The van der Waals surface area contributed by atoms with Crippen molar-refractivity contribution in [3.8, 4) is 0 Å². The van der Waals surface area contributed by atoms with Crippen LogP contribution in [-0.4, -0.2) is 37.1 Å². The lowest BCUT2D eigenvalue weighted by Gasteiger charge is -2.31. The number of halogens is 1. The van der Waals surface area contributed by atoms with Gasteiger partial charge in [-0.3, -0.25) is 0 Å². The van der Waals surface area contributed by atoms with Crippen LogP contribution in [0.4, 0.5) is 0 Å². The largest absolute Gasteiger partial charge is 0.395 e. The molecule has 3 nitrogen and oxygen atoms in total. The van der Waals surface area contributed by atoms with E-state index in [1.54, 1.807) is 13.2 Å². The van der Waals surface area contributed by atoms with Crippen molar-refractivity contribution in [2.45, 2.75) is 18.3 Å². The highest BCUT2D eigenvalue weighted by Crippen LogP contribution is 2.33. The Morgan fingerprint density at radius 3 is 2.41 bits per heavy atom. The van der Waals surface area contributed by atoms with Crippen molar-refractivity contribution in [2.75, 3.05) is 26.9 Å². The summed E-state index contributed by atoms with van der Waals surface area (Å²) in [6, 6.07) is 7.31. The minimum atomic E-state index is -0.684. The molecule has 0 aliphatic rings. The van der Waals surface area contributed by atoms with Crippen LogP contribution >= 0.6 is 11.6 Å². The van der Waals surface area contributed by atoms with Crippen LogP contribution in [0.25, 0.3) is 0 Å². The van der Waals surface area contributed by atoms with Crippen LogP contribution in [0.2, 0.25) is 5.02 Å². The van der Waals surface area contributed by atoms with Gasteiger partial charge in [0, 0.05) is 24.2 Å². The molecule has 4 heteroatoms. The summed E-state index contributed by atoms with van der Waals surface area (Å²) < 4.78 is 5.00. The first-order valence-electron chi connectivity index (χ1n) is 5.66. The zero-order valence-electron chi connectivity index (χ0n) is 10.0. The van der Waals surface area contributed by atoms with Crippen molar-refractivity contribution < 1.29 is 14.9 Å². The summed E-state index contributed by atoms with van der Waals surface area (Å²) in [5.74, 6) is 0. The fraction of sp³-hybridized carbons (Fsp3) is 0.538. The number of hydrogen-bond donors (Lipinski definition) is 2. The van der Waals surface area contributed by atoms with Crippen molar-refractivity contribution >= 4 is 11.6 Å². The van der Waals surface area contributed by atoms with Crippen LogP contribution < -0.4 is 0 Å². The Labute approximate surface area is 107 Å². The first-order valence-corrected chi connectivity index (χ1v) is 6.03. The van der Waals surface area contributed by atoms with Gasteiger partial charge in [-0.05, 0) is 24.5 Å². The third-order valence-corrected chi connectivity index (χ3v) is 3.38. The third kappa shape index (κ3) is 3.42. The maximum atomic E-state index is 9.59. The Kier molecular flexibility index (Phi) is 5.92. The Morgan fingerprint density at radius 1 is 1.24 bits per heavy atom. The van der Waals surface area contributed by atoms with Gasteiger partial charge in [-0.2, -0.15) is 0 Å². The quantitative estimate of drug-likeness (QED) is 0.736. The van der Waals surface area contributed by atoms with E-state index in [0.29, 0.717) is 18.1 Å². The lowest BCUT2D eigenvalue weighted by molar-refractivity contribution is 0.0969. The number of benzene rings is 1. The van der Waals surface area contributed by atoms with Crippen LogP contribution in [0.3, 0.4) is 0 Å². The second kappa shape index (κ2) is 6.97. The highest BCUT2D eigenvalue weighted by molar-refractivity contribution is 6.31. The van der Waals surface area contributed by atoms with E-state index in [1.165, 1.54) is 0 Å². The summed E-state index contributed by atoms with van der Waals surface area (Å²) in [7, 11) is 1.63. The maximum Gasteiger partial charge on any atom is 0.0550 e. The molecule has 17 heavy (non-hydrogen) atoms. The zero-order chi connectivity index (χ0) is 12.7. The average molecular weight is 259 g/mol. The monoisotopic (exact) mass is 258 g/mol. The van der Waals surface area contributed by atoms with E-state index in [0.717, 1.165) is 12.0 Å². The minimum absolute atomic E-state index is 0.128. The van der Waals surface area contributed by atoms with Gasteiger partial charge in [-0.15, -0.1) is 0 Å². The van der Waals surface area contributed by atoms with Crippen LogP contribution in [0.15, 0.2) is 24.3 Å². The van der Waals surface area contributed by atoms with Crippen LogP contribution in [-0.2, 0) is 10.2 Å². The number of hydrogen-bond acceptors (Lipinski definition) is 3. The second-order valence-corrected chi connectivity index (χ2v) is 4.58. The maximum absolute atomic E-state index is 9.59. The van der Waals surface area contributed by atoms with E-state index >= 15 is 0 Å². The highest BCUT2D eigenvalue weighted by Gasteiger charge is 2.32. The SMILES string of the molecule is COCCCC(CO)(CO)c1ccccc1Cl. The number of aliphatic hydroxyl groups is 2. The molecule has 0 unspecified atom stereocenters. The molecule has 0 radical (unpaired) electrons. The predicted octanol–water partition coefficient (Wildman–Crippen LogP) is 1.99. The minimum Gasteiger partial charge on any atom is -0.395 e. The molecule has 0 saturated heterocycles. The summed E-state index contributed by atoms with van der Waals surface area (Å²) in [6.45, 7) is 0.347. The lowest BCUT2D eigenvalue weighted by Crippen LogP contribution is -2.35. The van der Waals surface area contributed by atoms with Crippen LogP contribution in [0.5, 0.6) is 0 Å². The molecule has 2 N–H and O–H groups in total. The molecule has 96 valence electrons. The highest BCUT2D eigenvalue weighted by atomic mass is 35.5. The normalized spacial score (nSPS) is 11.8. The van der Waals surface area contributed by atoms with E-state index in [2.05, 4.69) is 0 Å². The van der Waals surface area contributed by atoms with Gasteiger partial charge in [0.2, 0.25) is 0 Å². The first kappa shape index (κ1) is 14.5. The molecule has 1 rings (SSSR count). The van der Waals surface area contributed by atoms with E-state index in [-0.39, 0.29) is 13.2 Å². The molecule has 0 fully saturated rings. The van der Waals surface area contributed by atoms with Crippen molar-refractivity contribution in [3.05, 3.63) is 34.9 Å². The number of ether oxygens (including phenoxy) is 1. The summed E-state index contributed by atoms with van der Waals surface area (Å²) in [5, 5.41) is 19.8. The summed E-state index contributed by atoms with van der Waals surface area (Å²) in [6.07, 6.45) is 1.40. The van der Waals surface area contributed by atoms with Gasteiger partial charge in [0.1, 0.15) is 0 Å². The molecule has 0 atom stereocenters. The fourth-order valence-corrected chi connectivity index (χ4v) is 2.30. The first-order chi connectivity index (χ1) is 8.20. The topological polar surface area (TPSA) is 49.7 Å². The molecule has 0 amide bonds. The van der Waals surface area contributed by atoms with E-state index in [4.69, 9.17) is 16.3 Å². The Bertz CT molecular complexity index is 337. The van der Waals surface area contributed by atoms with E-state index in [9.17, 15) is 10.2 Å². The van der Waals surface area contributed by atoms with Crippen molar-refractivity contribution in [2.24, 2.45) is 0 Å². The fourth-order valence-electron chi connectivity index (χ4n) is 1.96. The van der Waals surface area contributed by atoms with Gasteiger partial charge >= 0.3 is 0 Å².